The SMILES string of the molecule is CCCC(CCC)CNCCCN. The summed E-state index contributed by atoms with van der Waals surface area (Å²) in [5, 5.41) is 3.48. The zero-order chi connectivity index (χ0) is 9.94. The smallest absolute Gasteiger partial charge is 0.00205 e. The summed E-state index contributed by atoms with van der Waals surface area (Å²) in [5.74, 6) is 0.882. The lowest BCUT2D eigenvalue weighted by atomic mass is 9.98. The lowest BCUT2D eigenvalue weighted by molar-refractivity contribution is 0.410. The summed E-state index contributed by atoms with van der Waals surface area (Å²) in [6, 6.07) is 0. The molecule has 2 nitrogen and oxygen atoms in total. The van der Waals surface area contributed by atoms with Gasteiger partial charge in [0.15, 0.2) is 0 Å². The molecule has 80 valence electrons. The van der Waals surface area contributed by atoms with Gasteiger partial charge in [0.1, 0.15) is 0 Å². The van der Waals surface area contributed by atoms with Gasteiger partial charge in [-0.05, 0) is 44.8 Å². The fourth-order valence-corrected chi connectivity index (χ4v) is 1.70. The Hall–Kier alpha value is -0.0800. The van der Waals surface area contributed by atoms with Gasteiger partial charge in [0.05, 0.1) is 0 Å². The fraction of sp³-hybridized carbons (Fsp3) is 1.00. The van der Waals surface area contributed by atoms with Crippen molar-refractivity contribution in [1.82, 2.24) is 5.32 Å². The molecule has 13 heavy (non-hydrogen) atoms. The Morgan fingerprint density at radius 3 is 2.23 bits per heavy atom. The average Bonchev–Trinajstić information content (AvgIpc) is 2.13. The van der Waals surface area contributed by atoms with Gasteiger partial charge in [-0.15, -0.1) is 0 Å². The van der Waals surface area contributed by atoms with Crippen molar-refractivity contribution in [2.45, 2.75) is 46.0 Å². The molecule has 0 radical (unpaired) electrons. The van der Waals surface area contributed by atoms with Gasteiger partial charge in [-0.2, -0.15) is 0 Å². The third-order valence-electron chi connectivity index (χ3n) is 2.38. The van der Waals surface area contributed by atoms with Crippen LogP contribution < -0.4 is 11.1 Å². The Balaban J connectivity index is 3.33. The van der Waals surface area contributed by atoms with Crippen molar-refractivity contribution in [3.8, 4) is 0 Å². The first-order valence-electron chi connectivity index (χ1n) is 5.75. The molecule has 0 aliphatic carbocycles. The van der Waals surface area contributed by atoms with Crippen LogP contribution >= 0.6 is 0 Å². The maximum Gasteiger partial charge on any atom is -0.00205 e. The van der Waals surface area contributed by atoms with Crippen molar-refractivity contribution in [2.75, 3.05) is 19.6 Å². The van der Waals surface area contributed by atoms with E-state index in [4.69, 9.17) is 5.73 Å². The first-order chi connectivity index (χ1) is 6.35. The topological polar surface area (TPSA) is 38.0 Å². The first kappa shape index (κ1) is 12.9. The zero-order valence-corrected chi connectivity index (χ0v) is 9.31. The molecule has 2 heteroatoms. The second-order valence-electron chi connectivity index (χ2n) is 3.79. The van der Waals surface area contributed by atoms with E-state index in [1.165, 1.54) is 32.2 Å². The molecule has 0 aliphatic heterocycles. The van der Waals surface area contributed by atoms with E-state index in [0.717, 1.165) is 25.4 Å². The van der Waals surface area contributed by atoms with Crippen LogP contribution in [0.4, 0.5) is 0 Å². The lowest BCUT2D eigenvalue weighted by Gasteiger charge is -2.15. The highest BCUT2D eigenvalue weighted by molar-refractivity contribution is 4.61. The van der Waals surface area contributed by atoms with E-state index in [1.54, 1.807) is 0 Å². The minimum absolute atomic E-state index is 0.805. The van der Waals surface area contributed by atoms with Gasteiger partial charge in [-0.25, -0.2) is 0 Å². The minimum Gasteiger partial charge on any atom is -0.330 e. The largest absolute Gasteiger partial charge is 0.330 e. The predicted molar refractivity (Wildman–Crippen MR) is 59.8 cm³/mol. The highest BCUT2D eigenvalue weighted by Crippen LogP contribution is 2.11. The average molecular weight is 186 g/mol. The lowest BCUT2D eigenvalue weighted by Crippen LogP contribution is -2.25. The van der Waals surface area contributed by atoms with E-state index in [9.17, 15) is 0 Å². The quantitative estimate of drug-likeness (QED) is 0.541. The van der Waals surface area contributed by atoms with Crippen LogP contribution in [0.2, 0.25) is 0 Å². The highest BCUT2D eigenvalue weighted by Gasteiger charge is 2.04. The molecule has 0 aromatic carbocycles. The van der Waals surface area contributed by atoms with E-state index >= 15 is 0 Å². The Morgan fingerprint density at radius 2 is 1.77 bits per heavy atom. The van der Waals surface area contributed by atoms with Gasteiger partial charge < -0.3 is 11.1 Å². The van der Waals surface area contributed by atoms with Crippen LogP contribution in [-0.2, 0) is 0 Å². The van der Waals surface area contributed by atoms with E-state index in [-0.39, 0.29) is 0 Å². The van der Waals surface area contributed by atoms with Gasteiger partial charge in [0, 0.05) is 0 Å². The molecule has 0 unspecified atom stereocenters. The molecule has 0 atom stereocenters. The molecule has 3 N–H and O–H groups in total. The van der Waals surface area contributed by atoms with Crippen molar-refractivity contribution in [3.05, 3.63) is 0 Å². The second kappa shape index (κ2) is 10.0. The van der Waals surface area contributed by atoms with Crippen molar-refractivity contribution in [1.29, 1.82) is 0 Å². The van der Waals surface area contributed by atoms with Crippen molar-refractivity contribution in [3.63, 3.8) is 0 Å². The molecular weight excluding hydrogens is 160 g/mol. The number of nitrogens with one attached hydrogen (secondary N) is 1. The van der Waals surface area contributed by atoms with Crippen molar-refractivity contribution < 1.29 is 0 Å². The molecule has 0 aromatic rings. The summed E-state index contributed by atoms with van der Waals surface area (Å²) >= 11 is 0. The molecule has 0 saturated carbocycles. The van der Waals surface area contributed by atoms with Gasteiger partial charge in [-0.3, -0.25) is 0 Å². The van der Waals surface area contributed by atoms with E-state index < -0.39 is 0 Å². The number of hydrogen-bond acceptors (Lipinski definition) is 2. The Kier molecular flexibility index (Phi) is 9.94. The number of hydrogen-bond donors (Lipinski definition) is 2. The Morgan fingerprint density at radius 1 is 1.15 bits per heavy atom. The standard InChI is InChI=1S/C11H26N2/c1-3-6-11(7-4-2)10-13-9-5-8-12/h11,13H,3-10,12H2,1-2H3. The Labute approximate surface area is 83.3 Å². The minimum atomic E-state index is 0.805. The van der Waals surface area contributed by atoms with Crippen LogP contribution in [0.25, 0.3) is 0 Å². The first-order valence-corrected chi connectivity index (χ1v) is 5.75. The van der Waals surface area contributed by atoms with Crippen molar-refractivity contribution in [2.24, 2.45) is 11.7 Å². The fourth-order valence-electron chi connectivity index (χ4n) is 1.70. The molecule has 0 saturated heterocycles. The maximum absolute atomic E-state index is 5.42. The van der Waals surface area contributed by atoms with Gasteiger partial charge in [-0.1, -0.05) is 26.7 Å². The summed E-state index contributed by atoms with van der Waals surface area (Å²) in [7, 11) is 0. The third-order valence-corrected chi connectivity index (χ3v) is 2.38. The van der Waals surface area contributed by atoms with E-state index in [1.807, 2.05) is 0 Å². The van der Waals surface area contributed by atoms with Crippen LogP contribution in [0.1, 0.15) is 46.0 Å². The van der Waals surface area contributed by atoms with E-state index in [2.05, 4.69) is 19.2 Å². The van der Waals surface area contributed by atoms with Crippen molar-refractivity contribution >= 4 is 0 Å². The highest BCUT2D eigenvalue weighted by atomic mass is 14.9. The zero-order valence-electron chi connectivity index (χ0n) is 9.31. The van der Waals surface area contributed by atoms with Crippen LogP contribution in [0.5, 0.6) is 0 Å². The summed E-state index contributed by atoms with van der Waals surface area (Å²) in [6.07, 6.45) is 6.45. The maximum atomic E-state index is 5.42. The summed E-state index contributed by atoms with van der Waals surface area (Å²) < 4.78 is 0. The van der Waals surface area contributed by atoms with Crippen LogP contribution in [0, 0.1) is 5.92 Å². The van der Waals surface area contributed by atoms with Crippen LogP contribution in [-0.4, -0.2) is 19.6 Å². The molecule has 0 aliphatic rings. The van der Waals surface area contributed by atoms with Gasteiger partial charge in [0.25, 0.3) is 0 Å². The number of nitrogens with two attached hydrogens (primary N) is 1. The molecule has 0 bridgehead atoms. The van der Waals surface area contributed by atoms with Gasteiger partial charge in [0.2, 0.25) is 0 Å². The third kappa shape index (κ3) is 8.26. The second-order valence-corrected chi connectivity index (χ2v) is 3.79. The normalized spacial score (nSPS) is 11.1. The number of rotatable bonds is 9. The predicted octanol–water partition coefficient (Wildman–Crippen LogP) is 2.14. The molecule has 0 aromatic heterocycles. The Bertz CT molecular complexity index is 88.1. The summed E-state index contributed by atoms with van der Waals surface area (Å²) in [5.41, 5.74) is 5.42. The molecule has 0 amide bonds. The van der Waals surface area contributed by atoms with Gasteiger partial charge >= 0.3 is 0 Å². The van der Waals surface area contributed by atoms with Crippen LogP contribution in [0.15, 0.2) is 0 Å². The summed E-state index contributed by atoms with van der Waals surface area (Å²) in [4.78, 5) is 0. The van der Waals surface area contributed by atoms with E-state index in [0.29, 0.717) is 0 Å². The molecular formula is C11H26N2. The molecule has 0 rings (SSSR count). The molecule has 0 heterocycles. The molecule has 0 fully saturated rings. The monoisotopic (exact) mass is 186 g/mol. The molecule has 0 spiro atoms. The van der Waals surface area contributed by atoms with Crippen LogP contribution in [0.3, 0.4) is 0 Å². The summed E-state index contributed by atoms with van der Waals surface area (Å²) in [6.45, 7) is 7.60.